The van der Waals surface area contributed by atoms with Gasteiger partial charge in [-0.2, -0.15) is 0 Å². The zero-order valence-electron chi connectivity index (χ0n) is 10.3. The minimum atomic E-state index is -0.106. The molecule has 88 valence electrons. The largest absolute Gasteiger partial charge is 0.463 e. The van der Waals surface area contributed by atoms with Crippen LogP contribution in [0.1, 0.15) is 45.1 Å². The maximum absolute atomic E-state index is 11.6. The van der Waals surface area contributed by atoms with Crippen LogP contribution >= 0.6 is 0 Å². The molecule has 0 N–H and O–H groups in total. The van der Waals surface area contributed by atoms with Crippen LogP contribution in [0.4, 0.5) is 0 Å². The molecule has 16 heavy (non-hydrogen) atoms. The summed E-state index contributed by atoms with van der Waals surface area (Å²) in [6.45, 7) is 5.85. The molecule has 0 aromatic heterocycles. The molecule has 0 amide bonds. The maximum atomic E-state index is 11.6. The van der Waals surface area contributed by atoms with Crippen molar-refractivity contribution in [2.24, 2.45) is 0 Å². The standard InChI is InChI=1S/C14H20O2/c1-4-12(10-14(15)16-11(2)3)13-8-6-5-7-9-13/h5-9,11-12H,4,10H2,1-3H3. The molecule has 0 bridgehead atoms. The van der Waals surface area contributed by atoms with Crippen molar-refractivity contribution in [2.75, 3.05) is 0 Å². The Kier molecular flexibility index (Phi) is 5.03. The highest BCUT2D eigenvalue weighted by atomic mass is 16.5. The molecule has 0 spiro atoms. The SMILES string of the molecule is CCC(CC(=O)OC(C)C)c1ccccc1. The molecule has 1 unspecified atom stereocenters. The third-order valence-corrected chi connectivity index (χ3v) is 2.54. The minimum Gasteiger partial charge on any atom is -0.463 e. The van der Waals surface area contributed by atoms with Crippen LogP contribution in [-0.4, -0.2) is 12.1 Å². The molecule has 0 saturated heterocycles. The number of carbonyl (C=O) groups is 1. The van der Waals surface area contributed by atoms with Crippen LogP contribution in [0.3, 0.4) is 0 Å². The van der Waals surface area contributed by atoms with Crippen LogP contribution in [0.5, 0.6) is 0 Å². The van der Waals surface area contributed by atoms with E-state index in [9.17, 15) is 4.79 Å². The minimum absolute atomic E-state index is 0.0271. The highest BCUT2D eigenvalue weighted by Gasteiger charge is 2.15. The summed E-state index contributed by atoms with van der Waals surface area (Å²) in [5, 5.41) is 0. The summed E-state index contributed by atoms with van der Waals surface area (Å²) < 4.78 is 5.17. The first-order chi connectivity index (χ1) is 7.63. The molecule has 1 atom stereocenters. The Morgan fingerprint density at radius 1 is 1.25 bits per heavy atom. The number of hydrogen-bond acceptors (Lipinski definition) is 2. The molecule has 0 aliphatic heterocycles. The molecular weight excluding hydrogens is 200 g/mol. The number of hydrogen-bond donors (Lipinski definition) is 0. The third kappa shape index (κ3) is 4.05. The summed E-state index contributed by atoms with van der Waals surface area (Å²) in [6, 6.07) is 10.1. The van der Waals surface area contributed by atoms with Gasteiger partial charge in [-0.25, -0.2) is 0 Å². The zero-order valence-corrected chi connectivity index (χ0v) is 10.3. The molecule has 2 heteroatoms. The number of carbonyl (C=O) groups excluding carboxylic acids is 1. The first-order valence-electron chi connectivity index (χ1n) is 5.88. The van der Waals surface area contributed by atoms with Crippen molar-refractivity contribution < 1.29 is 9.53 Å². The van der Waals surface area contributed by atoms with Gasteiger partial charge in [0.05, 0.1) is 12.5 Å². The van der Waals surface area contributed by atoms with Gasteiger partial charge in [0.1, 0.15) is 0 Å². The van der Waals surface area contributed by atoms with Gasteiger partial charge in [-0.05, 0) is 31.7 Å². The second kappa shape index (κ2) is 6.31. The Morgan fingerprint density at radius 2 is 1.88 bits per heavy atom. The van der Waals surface area contributed by atoms with Gasteiger partial charge in [0.15, 0.2) is 0 Å². The van der Waals surface area contributed by atoms with E-state index in [1.54, 1.807) is 0 Å². The van der Waals surface area contributed by atoms with Crippen molar-refractivity contribution in [3.05, 3.63) is 35.9 Å². The monoisotopic (exact) mass is 220 g/mol. The van der Waals surface area contributed by atoms with Gasteiger partial charge in [-0.15, -0.1) is 0 Å². The van der Waals surface area contributed by atoms with E-state index < -0.39 is 0 Å². The third-order valence-electron chi connectivity index (χ3n) is 2.54. The van der Waals surface area contributed by atoms with Crippen molar-refractivity contribution in [3.8, 4) is 0 Å². The highest BCUT2D eigenvalue weighted by Crippen LogP contribution is 2.23. The summed E-state index contributed by atoms with van der Waals surface area (Å²) in [7, 11) is 0. The Balaban J connectivity index is 2.59. The predicted octanol–water partition coefficient (Wildman–Crippen LogP) is 3.52. The Bertz CT molecular complexity index is 317. The molecule has 0 aliphatic rings. The summed E-state index contributed by atoms with van der Waals surface area (Å²) >= 11 is 0. The van der Waals surface area contributed by atoms with Gasteiger partial charge in [0.25, 0.3) is 0 Å². The Hall–Kier alpha value is -1.31. The van der Waals surface area contributed by atoms with Crippen LogP contribution in [-0.2, 0) is 9.53 Å². The van der Waals surface area contributed by atoms with Crippen molar-refractivity contribution in [1.29, 1.82) is 0 Å². The second-order valence-electron chi connectivity index (χ2n) is 4.26. The molecule has 0 saturated carbocycles. The van der Waals surface area contributed by atoms with Gasteiger partial charge < -0.3 is 4.74 Å². The van der Waals surface area contributed by atoms with Crippen molar-refractivity contribution in [2.45, 2.75) is 45.6 Å². The first-order valence-corrected chi connectivity index (χ1v) is 5.88. The predicted molar refractivity (Wildman–Crippen MR) is 65.3 cm³/mol. The number of esters is 1. The van der Waals surface area contributed by atoms with Gasteiger partial charge in [0.2, 0.25) is 0 Å². The van der Waals surface area contributed by atoms with Crippen LogP contribution in [0, 0.1) is 0 Å². The zero-order chi connectivity index (χ0) is 12.0. The topological polar surface area (TPSA) is 26.3 Å². The summed E-state index contributed by atoms with van der Waals surface area (Å²) in [5.74, 6) is 0.165. The molecule has 0 radical (unpaired) electrons. The van der Waals surface area contributed by atoms with Crippen LogP contribution in [0.15, 0.2) is 30.3 Å². The molecule has 1 aromatic rings. The quantitative estimate of drug-likeness (QED) is 0.710. The molecule has 0 aliphatic carbocycles. The molecule has 1 rings (SSSR count). The van der Waals surface area contributed by atoms with Gasteiger partial charge >= 0.3 is 5.97 Å². The van der Waals surface area contributed by atoms with Crippen LogP contribution in [0.25, 0.3) is 0 Å². The highest BCUT2D eigenvalue weighted by molar-refractivity contribution is 5.70. The second-order valence-corrected chi connectivity index (χ2v) is 4.26. The Morgan fingerprint density at radius 3 is 2.38 bits per heavy atom. The van der Waals surface area contributed by atoms with E-state index in [4.69, 9.17) is 4.74 Å². The average Bonchev–Trinajstić information content (AvgIpc) is 2.26. The molecule has 1 aromatic carbocycles. The van der Waals surface area contributed by atoms with E-state index in [2.05, 4.69) is 19.1 Å². The van der Waals surface area contributed by atoms with E-state index in [0.29, 0.717) is 6.42 Å². The number of ether oxygens (including phenoxy) is 1. The van der Waals surface area contributed by atoms with Crippen molar-refractivity contribution in [3.63, 3.8) is 0 Å². The fraction of sp³-hybridized carbons (Fsp3) is 0.500. The normalized spacial score (nSPS) is 12.5. The number of benzene rings is 1. The average molecular weight is 220 g/mol. The fourth-order valence-corrected chi connectivity index (χ4v) is 1.74. The molecule has 2 nitrogen and oxygen atoms in total. The lowest BCUT2D eigenvalue weighted by molar-refractivity contribution is -0.147. The maximum Gasteiger partial charge on any atom is 0.306 e. The van der Waals surface area contributed by atoms with E-state index in [1.165, 1.54) is 5.56 Å². The summed E-state index contributed by atoms with van der Waals surface area (Å²) in [4.78, 5) is 11.6. The van der Waals surface area contributed by atoms with Crippen LogP contribution in [0.2, 0.25) is 0 Å². The van der Waals surface area contributed by atoms with Crippen molar-refractivity contribution in [1.82, 2.24) is 0 Å². The first kappa shape index (κ1) is 12.8. The van der Waals surface area contributed by atoms with Crippen molar-refractivity contribution >= 4 is 5.97 Å². The van der Waals surface area contributed by atoms with E-state index in [1.807, 2.05) is 32.0 Å². The number of rotatable bonds is 5. The molecule has 0 heterocycles. The van der Waals surface area contributed by atoms with E-state index in [0.717, 1.165) is 6.42 Å². The summed E-state index contributed by atoms with van der Waals surface area (Å²) in [5.41, 5.74) is 1.21. The van der Waals surface area contributed by atoms with E-state index in [-0.39, 0.29) is 18.0 Å². The lowest BCUT2D eigenvalue weighted by atomic mass is 9.93. The lowest BCUT2D eigenvalue weighted by Gasteiger charge is -2.15. The van der Waals surface area contributed by atoms with Gasteiger partial charge in [0, 0.05) is 0 Å². The van der Waals surface area contributed by atoms with Crippen LogP contribution < -0.4 is 0 Å². The smallest absolute Gasteiger partial charge is 0.306 e. The lowest BCUT2D eigenvalue weighted by Crippen LogP contribution is -2.14. The van der Waals surface area contributed by atoms with Gasteiger partial charge in [-0.3, -0.25) is 4.79 Å². The van der Waals surface area contributed by atoms with Gasteiger partial charge in [-0.1, -0.05) is 37.3 Å². The van der Waals surface area contributed by atoms with E-state index >= 15 is 0 Å². The summed E-state index contributed by atoms with van der Waals surface area (Å²) in [6.07, 6.45) is 1.40. The molecule has 0 fully saturated rings. The Labute approximate surface area is 97.6 Å². The fourth-order valence-electron chi connectivity index (χ4n) is 1.74. The molecular formula is C14H20O2.